The van der Waals surface area contributed by atoms with Crippen molar-refractivity contribution in [2.45, 2.75) is 50.6 Å². The Bertz CT molecular complexity index is 1270. The van der Waals surface area contributed by atoms with Crippen LogP contribution in [0.15, 0.2) is 34.8 Å². The molecule has 2 aromatic rings. The zero-order valence-electron chi connectivity index (χ0n) is 21.0. The monoisotopic (exact) mass is 477 g/mol. The molecule has 186 valence electrons. The lowest BCUT2D eigenvalue weighted by Crippen LogP contribution is -2.60. The molecule has 3 aliphatic heterocycles. The molecule has 6 rings (SSSR count). The van der Waals surface area contributed by atoms with E-state index in [1.807, 2.05) is 16.5 Å². The van der Waals surface area contributed by atoms with Crippen LogP contribution in [0.2, 0.25) is 0 Å². The molecule has 2 unspecified atom stereocenters. The minimum Gasteiger partial charge on any atom is -0.496 e. The average Bonchev–Trinajstić information content (AvgIpc) is 2.89. The van der Waals surface area contributed by atoms with Crippen molar-refractivity contribution in [1.29, 1.82) is 0 Å². The number of benzene rings is 1. The second-order valence-corrected chi connectivity index (χ2v) is 10.7. The summed E-state index contributed by atoms with van der Waals surface area (Å²) in [4.78, 5) is 32.5. The number of aromatic nitrogens is 1. The smallest absolute Gasteiger partial charge is 0.259 e. The van der Waals surface area contributed by atoms with Crippen LogP contribution < -0.4 is 14.9 Å². The fourth-order valence-corrected chi connectivity index (χ4v) is 7.42. The Kier molecular flexibility index (Phi) is 5.63. The lowest BCUT2D eigenvalue weighted by molar-refractivity contribution is 0.00142. The van der Waals surface area contributed by atoms with Gasteiger partial charge < -0.3 is 18.9 Å². The number of pyridine rings is 1. The highest BCUT2D eigenvalue weighted by Gasteiger charge is 2.47. The first-order valence-electron chi connectivity index (χ1n) is 13.0. The number of methoxy groups -OCH3 is 2. The molecule has 0 radical (unpaired) electrons. The van der Waals surface area contributed by atoms with Gasteiger partial charge >= 0.3 is 0 Å². The van der Waals surface area contributed by atoms with Gasteiger partial charge in [-0.3, -0.25) is 14.5 Å². The van der Waals surface area contributed by atoms with Crippen molar-refractivity contribution in [3.63, 3.8) is 0 Å². The summed E-state index contributed by atoms with van der Waals surface area (Å²) in [7, 11) is 4.98. The number of amides is 1. The van der Waals surface area contributed by atoms with Crippen molar-refractivity contribution in [2.75, 3.05) is 33.9 Å². The van der Waals surface area contributed by atoms with Gasteiger partial charge in [-0.2, -0.15) is 0 Å². The molecule has 0 saturated carbocycles. The zero-order valence-corrected chi connectivity index (χ0v) is 21.0. The van der Waals surface area contributed by atoms with Crippen LogP contribution in [-0.4, -0.2) is 66.2 Å². The summed E-state index contributed by atoms with van der Waals surface area (Å²) in [5.41, 5.74) is 1.98. The largest absolute Gasteiger partial charge is 0.496 e. The summed E-state index contributed by atoms with van der Waals surface area (Å²) in [5.74, 6) is 1.93. The number of rotatable bonds is 3. The van der Waals surface area contributed by atoms with Crippen molar-refractivity contribution < 1.29 is 14.3 Å². The molecule has 2 bridgehead atoms. The number of hydrogen-bond acceptors (Lipinski definition) is 5. The van der Waals surface area contributed by atoms with Crippen molar-refractivity contribution in [2.24, 2.45) is 18.9 Å². The molecule has 1 aromatic carbocycles. The normalized spacial score (nSPS) is 28.2. The Morgan fingerprint density at radius 2 is 1.86 bits per heavy atom. The number of nitrogens with zero attached hydrogens (tertiary/aromatic N) is 3. The third-order valence-corrected chi connectivity index (χ3v) is 8.84. The lowest BCUT2D eigenvalue weighted by atomic mass is 9.68. The van der Waals surface area contributed by atoms with E-state index in [1.54, 1.807) is 32.5 Å². The zero-order chi connectivity index (χ0) is 24.3. The van der Waals surface area contributed by atoms with Gasteiger partial charge in [0.2, 0.25) is 5.43 Å². The maximum atomic E-state index is 14.1. The third-order valence-electron chi connectivity index (χ3n) is 8.84. The first kappa shape index (κ1) is 22.7. The van der Waals surface area contributed by atoms with E-state index < -0.39 is 0 Å². The minimum absolute atomic E-state index is 0.1000. The van der Waals surface area contributed by atoms with Gasteiger partial charge in [-0.15, -0.1) is 0 Å². The van der Waals surface area contributed by atoms with Crippen LogP contribution >= 0.6 is 0 Å². The summed E-state index contributed by atoms with van der Waals surface area (Å²) in [5, 5.41) is 0.394. The fraction of sp³-hybridized carbons (Fsp3) is 0.571. The molecule has 4 heterocycles. The maximum Gasteiger partial charge on any atom is 0.259 e. The van der Waals surface area contributed by atoms with Crippen LogP contribution in [0, 0.1) is 11.8 Å². The number of fused-ring (bicyclic) bond motifs is 7. The number of carbonyl (C=O) groups is 1. The molecule has 1 aromatic heterocycles. The second-order valence-electron chi connectivity index (χ2n) is 10.7. The summed E-state index contributed by atoms with van der Waals surface area (Å²) in [6.45, 7) is 2.93. The van der Waals surface area contributed by atoms with Crippen molar-refractivity contribution in [1.82, 2.24) is 14.4 Å². The molecular formula is C28H35N3O4. The van der Waals surface area contributed by atoms with E-state index in [0.717, 1.165) is 25.8 Å². The quantitative estimate of drug-likeness (QED) is 0.633. The molecule has 3 fully saturated rings. The van der Waals surface area contributed by atoms with E-state index in [2.05, 4.69) is 11.0 Å². The van der Waals surface area contributed by atoms with Crippen molar-refractivity contribution >= 4 is 16.8 Å². The summed E-state index contributed by atoms with van der Waals surface area (Å²) in [6, 6.07) is 4.30. The Balaban J connectivity index is 1.42. The van der Waals surface area contributed by atoms with Gasteiger partial charge in [0.1, 0.15) is 17.1 Å². The fourth-order valence-electron chi connectivity index (χ4n) is 7.42. The lowest BCUT2D eigenvalue weighted by Gasteiger charge is -2.54. The van der Waals surface area contributed by atoms with E-state index in [4.69, 9.17) is 9.47 Å². The standard InChI is InChI=1S/C28H35N3O4/c1-29-16-20(27(32)24-22(34-2)9-10-23(35-3)26(24)29)28(33)31-12-6-7-17-13-18-14-19(25(17)31)15-30-11-5-4-8-21(18)30/h9-10,13,16,18-19,21,25H,4-8,11-12,14-15H2,1-3H3/t18?,19?,21-,25-/m1/s1. The van der Waals surface area contributed by atoms with E-state index >= 15 is 0 Å². The van der Waals surface area contributed by atoms with Crippen LogP contribution in [0.4, 0.5) is 0 Å². The highest BCUT2D eigenvalue weighted by atomic mass is 16.5. The maximum absolute atomic E-state index is 14.1. The highest BCUT2D eigenvalue weighted by molar-refractivity contribution is 6.00. The van der Waals surface area contributed by atoms with Gasteiger partial charge in [0.15, 0.2) is 0 Å². The van der Waals surface area contributed by atoms with Gasteiger partial charge in [-0.05, 0) is 62.6 Å². The molecule has 0 spiro atoms. The van der Waals surface area contributed by atoms with Gasteiger partial charge in [-0.1, -0.05) is 18.1 Å². The van der Waals surface area contributed by atoms with E-state index in [0.29, 0.717) is 46.8 Å². The van der Waals surface area contributed by atoms with Crippen LogP contribution in [0.3, 0.4) is 0 Å². The summed E-state index contributed by atoms with van der Waals surface area (Å²) < 4.78 is 12.9. The first-order valence-corrected chi connectivity index (χ1v) is 13.0. The Hall–Kier alpha value is -2.80. The van der Waals surface area contributed by atoms with E-state index in [9.17, 15) is 9.59 Å². The molecule has 7 nitrogen and oxygen atoms in total. The third kappa shape index (κ3) is 3.50. The van der Waals surface area contributed by atoms with Gasteiger partial charge in [0, 0.05) is 32.4 Å². The molecular weight excluding hydrogens is 442 g/mol. The van der Waals surface area contributed by atoms with Crippen LogP contribution in [0.25, 0.3) is 10.9 Å². The number of ether oxygens (including phenoxy) is 2. The molecule has 0 N–H and O–H groups in total. The molecule has 3 saturated heterocycles. The van der Waals surface area contributed by atoms with E-state index in [1.165, 1.54) is 31.4 Å². The van der Waals surface area contributed by atoms with Crippen molar-refractivity contribution in [3.05, 3.63) is 45.8 Å². The summed E-state index contributed by atoms with van der Waals surface area (Å²) >= 11 is 0. The molecule has 1 amide bonds. The molecule has 4 atom stereocenters. The van der Waals surface area contributed by atoms with Gasteiger partial charge in [0.25, 0.3) is 5.91 Å². The number of piperidine rings is 3. The Morgan fingerprint density at radius 3 is 2.66 bits per heavy atom. The van der Waals surface area contributed by atoms with Crippen molar-refractivity contribution in [3.8, 4) is 11.5 Å². The van der Waals surface area contributed by atoms with Crippen LogP contribution in [0.5, 0.6) is 11.5 Å². The number of hydrogen-bond donors (Lipinski definition) is 0. The highest BCUT2D eigenvalue weighted by Crippen LogP contribution is 2.45. The number of likely N-dealkylation sites (tertiary alicyclic amines) is 1. The molecule has 7 heteroatoms. The first-order chi connectivity index (χ1) is 17.0. The summed E-state index contributed by atoms with van der Waals surface area (Å²) in [6.07, 6.45) is 11.3. The molecule has 35 heavy (non-hydrogen) atoms. The van der Waals surface area contributed by atoms with E-state index in [-0.39, 0.29) is 22.9 Å². The van der Waals surface area contributed by atoms with Gasteiger partial charge in [0.05, 0.1) is 31.2 Å². The van der Waals surface area contributed by atoms with Crippen LogP contribution in [0.1, 0.15) is 48.9 Å². The molecule has 1 aliphatic carbocycles. The predicted molar refractivity (Wildman–Crippen MR) is 135 cm³/mol. The number of carbonyl (C=O) groups excluding carboxylic acids is 1. The predicted octanol–water partition coefficient (Wildman–Crippen LogP) is 3.59. The average molecular weight is 478 g/mol. The second kappa shape index (κ2) is 8.70. The SMILES string of the molecule is COc1ccc(OC)c2c1c(=O)c(C(=O)N1CCCC3=CC4CC(CN5CCCC[C@H]45)[C@@H]31)cn2C. The minimum atomic E-state index is -0.289. The van der Waals surface area contributed by atoms with Crippen LogP contribution in [-0.2, 0) is 7.05 Å². The Morgan fingerprint density at radius 1 is 1.06 bits per heavy atom. The Labute approximate surface area is 206 Å². The number of aryl methyl sites for hydroxylation is 1. The van der Waals surface area contributed by atoms with Gasteiger partial charge in [-0.25, -0.2) is 0 Å². The topological polar surface area (TPSA) is 64.0 Å². The molecule has 4 aliphatic rings.